The molecule has 1 amide bonds. The number of pyridine rings is 1. The minimum atomic E-state index is -0.0701. The van der Waals surface area contributed by atoms with Gasteiger partial charge in [-0.05, 0) is 75.3 Å². The highest BCUT2D eigenvalue weighted by Gasteiger charge is 2.17. The van der Waals surface area contributed by atoms with Gasteiger partial charge in [-0.15, -0.1) is 0 Å². The first-order valence-corrected chi connectivity index (χ1v) is 12.8. The summed E-state index contributed by atoms with van der Waals surface area (Å²) in [5, 5.41) is 13.1. The molecule has 0 spiro atoms. The van der Waals surface area contributed by atoms with Crippen LogP contribution in [0.5, 0.6) is 0 Å². The van der Waals surface area contributed by atoms with Crippen LogP contribution in [0.25, 0.3) is 44.3 Å². The molecule has 0 radical (unpaired) electrons. The third-order valence-electron chi connectivity index (χ3n) is 6.97. The number of amides is 1. The van der Waals surface area contributed by atoms with E-state index in [-0.39, 0.29) is 5.91 Å². The van der Waals surface area contributed by atoms with Gasteiger partial charge >= 0.3 is 0 Å². The molecule has 1 saturated heterocycles. The molecule has 5 aromatic rings. The zero-order valence-corrected chi connectivity index (χ0v) is 21.2. The Labute approximate surface area is 215 Å². The summed E-state index contributed by atoms with van der Waals surface area (Å²) >= 11 is 0. The first kappa shape index (κ1) is 23.2. The molecular weight excluding hydrogens is 462 g/mol. The second-order valence-electron chi connectivity index (χ2n) is 10.0. The Hall–Kier alpha value is -4.17. The van der Waals surface area contributed by atoms with Crippen molar-refractivity contribution in [2.75, 3.05) is 43.9 Å². The summed E-state index contributed by atoms with van der Waals surface area (Å²) in [4.78, 5) is 24.5. The van der Waals surface area contributed by atoms with E-state index in [0.29, 0.717) is 12.2 Å². The van der Waals surface area contributed by atoms with E-state index in [4.69, 9.17) is 0 Å². The van der Waals surface area contributed by atoms with Gasteiger partial charge in [-0.1, -0.05) is 12.1 Å². The van der Waals surface area contributed by atoms with Crippen LogP contribution in [-0.2, 0) is 4.79 Å². The highest BCUT2D eigenvalue weighted by molar-refractivity contribution is 6.01. The number of aromatic amines is 2. The Morgan fingerprint density at radius 3 is 2.68 bits per heavy atom. The highest BCUT2D eigenvalue weighted by Crippen LogP contribution is 2.35. The van der Waals surface area contributed by atoms with Gasteiger partial charge in [0.1, 0.15) is 5.69 Å². The van der Waals surface area contributed by atoms with Gasteiger partial charge in [0.05, 0.1) is 29.6 Å². The summed E-state index contributed by atoms with van der Waals surface area (Å²) < 4.78 is 0. The number of fused-ring (bicyclic) bond motifs is 2. The molecule has 8 heteroatoms. The monoisotopic (exact) mass is 493 g/mol. The molecule has 0 atom stereocenters. The number of carbonyl (C=O) groups is 1. The maximum Gasteiger partial charge on any atom is 0.238 e. The van der Waals surface area contributed by atoms with Crippen LogP contribution in [0.15, 0.2) is 60.9 Å². The lowest BCUT2D eigenvalue weighted by Crippen LogP contribution is -2.29. The van der Waals surface area contributed by atoms with Crippen molar-refractivity contribution in [2.45, 2.75) is 19.3 Å². The van der Waals surface area contributed by atoms with Crippen molar-refractivity contribution >= 4 is 39.1 Å². The van der Waals surface area contributed by atoms with E-state index in [1.165, 1.54) is 30.3 Å². The number of carbonyl (C=O) groups excluding carboxylic acids is 1. The molecule has 37 heavy (non-hydrogen) atoms. The molecule has 188 valence electrons. The molecule has 1 fully saturated rings. The van der Waals surface area contributed by atoms with E-state index in [1.54, 1.807) is 6.20 Å². The number of nitrogens with one attached hydrogen (secondary N) is 3. The minimum Gasteiger partial charge on any atom is -0.371 e. The van der Waals surface area contributed by atoms with Crippen LogP contribution in [0.4, 0.5) is 11.4 Å². The van der Waals surface area contributed by atoms with Gasteiger partial charge in [0, 0.05) is 46.8 Å². The van der Waals surface area contributed by atoms with Crippen LogP contribution in [-0.4, -0.2) is 64.7 Å². The van der Waals surface area contributed by atoms with E-state index in [2.05, 4.69) is 60.7 Å². The zero-order valence-electron chi connectivity index (χ0n) is 21.2. The number of hydrogen-bond acceptors (Lipinski definition) is 5. The molecule has 3 aromatic heterocycles. The third-order valence-corrected chi connectivity index (χ3v) is 6.97. The van der Waals surface area contributed by atoms with E-state index in [1.807, 2.05) is 43.4 Å². The van der Waals surface area contributed by atoms with Crippen LogP contribution in [0, 0.1) is 0 Å². The van der Waals surface area contributed by atoms with Crippen molar-refractivity contribution in [3.8, 4) is 22.5 Å². The Kier molecular flexibility index (Phi) is 6.10. The predicted octanol–water partition coefficient (Wildman–Crippen LogP) is 5.26. The number of rotatable bonds is 6. The fourth-order valence-electron chi connectivity index (χ4n) is 5.23. The summed E-state index contributed by atoms with van der Waals surface area (Å²) in [6, 6.07) is 16.9. The van der Waals surface area contributed by atoms with Gasteiger partial charge in [0.2, 0.25) is 5.91 Å². The summed E-state index contributed by atoms with van der Waals surface area (Å²) in [6.07, 6.45) is 7.29. The predicted molar refractivity (Wildman–Crippen MR) is 150 cm³/mol. The number of hydrogen-bond donors (Lipinski definition) is 3. The summed E-state index contributed by atoms with van der Waals surface area (Å²) in [5.74, 6) is -0.0701. The number of likely N-dealkylation sites (N-methyl/N-ethyl adjacent to an activating group) is 1. The molecule has 0 unspecified atom stereocenters. The Morgan fingerprint density at radius 2 is 1.84 bits per heavy atom. The molecule has 1 aliphatic rings. The average Bonchev–Trinajstić information content (AvgIpc) is 3.52. The molecule has 0 aliphatic carbocycles. The second kappa shape index (κ2) is 9.71. The number of benzene rings is 2. The molecule has 4 heterocycles. The maximum absolute atomic E-state index is 12.2. The van der Waals surface area contributed by atoms with Crippen LogP contribution in [0.3, 0.4) is 0 Å². The molecule has 0 saturated carbocycles. The Balaban J connectivity index is 1.35. The number of H-pyrrole nitrogens is 2. The van der Waals surface area contributed by atoms with Crippen molar-refractivity contribution < 1.29 is 4.79 Å². The van der Waals surface area contributed by atoms with Crippen LogP contribution < -0.4 is 10.2 Å². The largest absolute Gasteiger partial charge is 0.371 e. The molecule has 0 bridgehead atoms. The van der Waals surface area contributed by atoms with Crippen molar-refractivity contribution in [3.63, 3.8) is 0 Å². The molecule has 8 nitrogen and oxygen atoms in total. The van der Waals surface area contributed by atoms with Crippen molar-refractivity contribution in [2.24, 2.45) is 0 Å². The molecule has 3 N–H and O–H groups in total. The smallest absolute Gasteiger partial charge is 0.238 e. The van der Waals surface area contributed by atoms with Gasteiger partial charge < -0.3 is 20.1 Å². The zero-order chi connectivity index (χ0) is 25.4. The topological polar surface area (TPSA) is 92.9 Å². The highest BCUT2D eigenvalue weighted by atomic mass is 16.2. The average molecular weight is 494 g/mol. The van der Waals surface area contributed by atoms with E-state index >= 15 is 0 Å². The lowest BCUT2D eigenvalue weighted by atomic mass is 10.0. The van der Waals surface area contributed by atoms with Crippen molar-refractivity contribution in [3.05, 3.63) is 60.9 Å². The SMILES string of the molecule is CN(C)CC(=O)Nc1cncc(-c2ccc3[nH]nc(-c4cc5c(N6CCCCC6)cccc5[nH]4)c3c2)c1. The Morgan fingerprint density at radius 1 is 0.973 bits per heavy atom. The maximum atomic E-state index is 12.2. The first-order chi connectivity index (χ1) is 18.0. The van der Waals surface area contributed by atoms with Crippen molar-refractivity contribution in [1.82, 2.24) is 25.1 Å². The molecule has 2 aromatic carbocycles. The summed E-state index contributed by atoms with van der Waals surface area (Å²) in [7, 11) is 3.74. The van der Waals surface area contributed by atoms with Gasteiger partial charge in [-0.2, -0.15) is 5.10 Å². The summed E-state index contributed by atoms with van der Waals surface area (Å²) in [6.45, 7) is 2.53. The van der Waals surface area contributed by atoms with Crippen molar-refractivity contribution in [1.29, 1.82) is 0 Å². The third kappa shape index (κ3) is 4.68. The van der Waals surface area contributed by atoms with Crippen LogP contribution in [0.1, 0.15) is 19.3 Å². The van der Waals surface area contributed by atoms with E-state index < -0.39 is 0 Å². The number of nitrogens with zero attached hydrogens (tertiary/aromatic N) is 4. The quantitative estimate of drug-likeness (QED) is 0.300. The lowest BCUT2D eigenvalue weighted by Gasteiger charge is -2.29. The van der Waals surface area contributed by atoms with Gasteiger partial charge in [-0.25, -0.2) is 0 Å². The fraction of sp³-hybridized carbons (Fsp3) is 0.276. The number of anilines is 2. The fourth-order valence-corrected chi connectivity index (χ4v) is 5.23. The molecule has 6 rings (SSSR count). The van der Waals surface area contributed by atoms with E-state index in [9.17, 15) is 4.79 Å². The summed E-state index contributed by atoms with van der Waals surface area (Å²) in [5.41, 5.74) is 7.88. The second-order valence-corrected chi connectivity index (χ2v) is 10.0. The molecule has 1 aliphatic heterocycles. The van der Waals surface area contributed by atoms with Gasteiger partial charge in [-0.3, -0.25) is 14.9 Å². The van der Waals surface area contributed by atoms with Crippen LogP contribution in [0.2, 0.25) is 0 Å². The van der Waals surface area contributed by atoms with Crippen LogP contribution >= 0.6 is 0 Å². The lowest BCUT2D eigenvalue weighted by molar-refractivity contribution is -0.116. The first-order valence-electron chi connectivity index (χ1n) is 12.8. The number of aromatic nitrogens is 4. The van der Waals surface area contributed by atoms with Gasteiger partial charge in [0.15, 0.2) is 0 Å². The minimum absolute atomic E-state index is 0.0701. The molecular formula is C29H31N7O. The van der Waals surface area contributed by atoms with E-state index in [0.717, 1.165) is 52.0 Å². The Bertz CT molecular complexity index is 1580. The standard InChI is InChI=1S/C29H31N7O/c1-35(2)18-28(37)31-21-13-20(16-30-17-21)19-9-10-25-23(14-19)29(34-33-25)26-15-22-24(32-26)7-6-8-27(22)36-11-4-3-5-12-36/h6-10,13-17,32H,3-5,11-12,18H2,1-2H3,(H,31,37)(H,33,34). The normalized spacial score (nSPS) is 14.1. The number of piperidine rings is 1. The van der Waals surface area contributed by atoms with Gasteiger partial charge in [0.25, 0.3) is 0 Å².